The first-order chi connectivity index (χ1) is 10.4. The van der Waals surface area contributed by atoms with Gasteiger partial charge in [-0.1, -0.05) is 43.3 Å². The molecule has 0 radical (unpaired) electrons. The van der Waals surface area contributed by atoms with Crippen molar-refractivity contribution in [3.8, 4) is 0 Å². The molecule has 2 saturated carbocycles. The summed E-state index contributed by atoms with van der Waals surface area (Å²) in [7, 11) is 0. The van der Waals surface area contributed by atoms with Gasteiger partial charge in [0, 0.05) is 13.2 Å². The van der Waals surface area contributed by atoms with E-state index in [9.17, 15) is 0 Å². The van der Waals surface area contributed by atoms with E-state index in [-0.39, 0.29) is 6.29 Å². The van der Waals surface area contributed by atoms with Gasteiger partial charge in [0.1, 0.15) is 0 Å². The van der Waals surface area contributed by atoms with Crippen molar-refractivity contribution in [1.29, 1.82) is 0 Å². The predicted octanol–water partition coefficient (Wildman–Crippen LogP) is 5.37. The number of unbranched alkanes of at least 4 members (excludes halogenated alkanes) is 5. The monoisotopic (exact) mass is 292 g/mol. The number of hydrogen-bond acceptors (Lipinski definition) is 2. The normalized spacial score (nSPS) is 28.0. The summed E-state index contributed by atoms with van der Waals surface area (Å²) in [6, 6.07) is 0. The average molecular weight is 292 g/mol. The fourth-order valence-electron chi connectivity index (χ4n) is 3.56. The van der Waals surface area contributed by atoms with Gasteiger partial charge >= 0.3 is 0 Å². The van der Waals surface area contributed by atoms with Crippen molar-refractivity contribution >= 4 is 0 Å². The summed E-state index contributed by atoms with van der Waals surface area (Å²) in [5, 5.41) is 0. The van der Waals surface area contributed by atoms with Crippen LogP contribution in [0.2, 0.25) is 0 Å². The molecule has 0 aromatic heterocycles. The van der Waals surface area contributed by atoms with E-state index in [1.165, 1.54) is 77.0 Å². The van der Waals surface area contributed by atoms with Gasteiger partial charge in [-0.05, 0) is 57.3 Å². The molecular formula is C19H32O2. The molecule has 2 atom stereocenters. The molecule has 0 spiro atoms. The second-order valence-electron chi connectivity index (χ2n) is 7.11. The van der Waals surface area contributed by atoms with Crippen molar-refractivity contribution in [1.82, 2.24) is 0 Å². The molecule has 2 heteroatoms. The first kappa shape index (κ1) is 15.6. The van der Waals surface area contributed by atoms with Gasteiger partial charge in [-0.2, -0.15) is 0 Å². The fraction of sp³-hybridized carbons (Fsp3) is 0.895. The highest BCUT2D eigenvalue weighted by molar-refractivity contribution is 5.36. The summed E-state index contributed by atoms with van der Waals surface area (Å²) >= 11 is 0. The molecule has 0 bridgehead atoms. The summed E-state index contributed by atoms with van der Waals surface area (Å²) in [5.41, 5.74) is 3.68. The van der Waals surface area contributed by atoms with Crippen molar-refractivity contribution in [2.45, 2.75) is 89.8 Å². The lowest BCUT2D eigenvalue weighted by molar-refractivity contribution is -0.162. The Morgan fingerprint density at radius 2 is 1.76 bits per heavy atom. The Labute approximate surface area is 130 Å². The number of rotatable bonds is 10. The lowest BCUT2D eigenvalue weighted by Crippen LogP contribution is -2.22. The maximum absolute atomic E-state index is 5.76. The highest BCUT2D eigenvalue weighted by atomic mass is 16.7. The van der Waals surface area contributed by atoms with E-state index in [0.29, 0.717) is 0 Å². The molecule has 3 aliphatic rings. The van der Waals surface area contributed by atoms with Crippen molar-refractivity contribution < 1.29 is 9.47 Å². The number of ether oxygens (including phenoxy) is 2. The van der Waals surface area contributed by atoms with Crippen molar-refractivity contribution in [2.75, 3.05) is 13.2 Å². The molecule has 0 aromatic rings. The molecule has 1 heterocycles. The van der Waals surface area contributed by atoms with Gasteiger partial charge in [0.05, 0.1) is 0 Å². The average Bonchev–Trinajstić information content (AvgIpc) is 3.39. The minimum atomic E-state index is 0.104. The lowest BCUT2D eigenvalue weighted by Gasteiger charge is -2.22. The van der Waals surface area contributed by atoms with E-state index in [4.69, 9.17) is 9.47 Å². The van der Waals surface area contributed by atoms with Crippen LogP contribution in [0.15, 0.2) is 11.1 Å². The molecule has 1 aliphatic heterocycles. The SMILES string of the molecule is C(CCCCC1CC1=C1CC1)CCCOC1CCCCO1. The van der Waals surface area contributed by atoms with Crippen LogP contribution in [0.4, 0.5) is 0 Å². The molecule has 3 rings (SSSR count). The molecular weight excluding hydrogens is 260 g/mol. The van der Waals surface area contributed by atoms with E-state index in [0.717, 1.165) is 25.6 Å². The standard InChI is InChI=1S/C19H32O2/c1(3-5-9-17-15-18(17)16-11-12-16)2-4-7-13-20-19-10-6-8-14-21-19/h17,19H,1-15H2. The molecule has 1 saturated heterocycles. The Morgan fingerprint density at radius 1 is 0.952 bits per heavy atom. The summed E-state index contributed by atoms with van der Waals surface area (Å²) in [6.45, 7) is 1.79. The molecule has 2 unspecified atom stereocenters. The maximum atomic E-state index is 5.76. The van der Waals surface area contributed by atoms with Crippen LogP contribution in [0.1, 0.15) is 83.5 Å². The van der Waals surface area contributed by atoms with Crippen molar-refractivity contribution in [3.05, 3.63) is 11.1 Å². The first-order valence-corrected chi connectivity index (χ1v) is 9.37. The van der Waals surface area contributed by atoms with Gasteiger partial charge in [-0.25, -0.2) is 0 Å². The Hall–Kier alpha value is -0.340. The third-order valence-electron chi connectivity index (χ3n) is 5.14. The largest absolute Gasteiger partial charge is 0.353 e. The van der Waals surface area contributed by atoms with Gasteiger partial charge in [0.25, 0.3) is 0 Å². The maximum Gasteiger partial charge on any atom is 0.157 e. The predicted molar refractivity (Wildman–Crippen MR) is 86.2 cm³/mol. The molecule has 120 valence electrons. The Kier molecular flexibility index (Phi) is 6.17. The van der Waals surface area contributed by atoms with Gasteiger partial charge in [-0.15, -0.1) is 0 Å². The van der Waals surface area contributed by atoms with Crippen molar-refractivity contribution in [3.63, 3.8) is 0 Å². The minimum absolute atomic E-state index is 0.104. The second-order valence-corrected chi connectivity index (χ2v) is 7.11. The Morgan fingerprint density at radius 3 is 2.52 bits per heavy atom. The molecule has 0 aromatic carbocycles. The molecule has 2 aliphatic carbocycles. The Balaban J connectivity index is 1.07. The topological polar surface area (TPSA) is 18.5 Å². The summed E-state index contributed by atoms with van der Waals surface area (Å²) in [4.78, 5) is 0. The molecule has 0 amide bonds. The number of allylic oxidation sites excluding steroid dienone is 2. The zero-order valence-electron chi connectivity index (χ0n) is 13.6. The molecule has 0 N–H and O–H groups in total. The lowest BCUT2D eigenvalue weighted by atomic mass is 10.1. The van der Waals surface area contributed by atoms with Crippen LogP contribution in [-0.4, -0.2) is 19.5 Å². The van der Waals surface area contributed by atoms with E-state index in [1.807, 2.05) is 11.1 Å². The van der Waals surface area contributed by atoms with E-state index < -0.39 is 0 Å². The van der Waals surface area contributed by atoms with E-state index >= 15 is 0 Å². The van der Waals surface area contributed by atoms with Crippen LogP contribution in [-0.2, 0) is 9.47 Å². The van der Waals surface area contributed by atoms with Crippen LogP contribution in [0.5, 0.6) is 0 Å². The van der Waals surface area contributed by atoms with Gasteiger partial charge < -0.3 is 9.47 Å². The number of hydrogen-bond donors (Lipinski definition) is 0. The van der Waals surface area contributed by atoms with Crippen LogP contribution < -0.4 is 0 Å². The quantitative estimate of drug-likeness (QED) is 0.398. The van der Waals surface area contributed by atoms with Gasteiger partial charge in [-0.3, -0.25) is 0 Å². The van der Waals surface area contributed by atoms with Gasteiger partial charge in [0.15, 0.2) is 6.29 Å². The van der Waals surface area contributed by atoms with Crippen molar-refractivity contribution in [2.24, 2.45) is 5.92 Å². The van der Waals surface area contributed by atoms with Crippen LogP contribution >= 0.6 is 0 Å². The minimum Gasteiger partial charge on any atom is -0.353 e. The van der Waals surface area contributed by atoms with E-state index in [1.54, 1.807) is 0 Å². The molecule has 3 fully saturated rings. The van der Waals surface area contributed by atoms with Crippen LogP contribution in [0.25, 0.3) is 0 Å². The highest BCUT2D eigenvalue weighted by Gasteiger charge is 2.34. The third kappa shape index (κ3) is 5.75. The Bertz CT molecular complexity index is 335. The van der Waals surface area contributed by atoms with Crippen LogP contribution in [0.3, 0.4) is 0 Å². The first-order valence-electron chi connectivity index (χ1n) is 9.37. The summed E-state index contributed by atoms with van der Waals surface area (Å²) in [6.07, 6.45) is 17.7. The fourth-order valence-corrected chi connectivity index (χ4v) is 3.56. The van der Waals surface area contributed by atoms with Crippen LogP contribution in [0, 0.1) is 5.92 Å². The second kappa shape index (κ2) is 8.33. The summed E-state index contributed by atoms with van der Waals surface area (Å²) in [5.74, 6) is 1.02. The molecule has 21 heavy (non-hydrogen) atoms. The van der Waals surface area contributed by atoms with Gasteiger partial charge in [0.2, 0.25) is 0 Å². The zero-order valence-corrected chi connectivity index (χ0v) is 13.6. The zero-order chi connectivity index (χ0) is 14.3. The molecule has 2 nitrogen and oxygen atoms in total. The van der Waals surface area contributed by atoms with E-state index in [2.05, 4.69) is 0 Å². The smallest absolute Gasteiger partial charge is 0.157 e. The third-order valence-corrected chi connectivity index (χ3v) is 5.14. The highest BCUT2D eigenvalue weighted by Crippen LogP contribution is 2.50. The summed E-state index contributed by atoms with van der Waals surface area (Å²) < 4.78 is 11.3.